The number of anilines is 1. The molecule has 0 amide bonds. The Hall–Kier alpha value is -1.49. The van der Waals surface area contributed by atoms with E-state index in [9.17, 15) is 8.42 Å². The minimum absolute atomic E-state index is 0.415. The van der Waals surface area contributed by atoms with Gasteiger partial charge < -0.3 is 0 Å². The summed E-state index contributed by atoms with van der Waals surface area (Å²) in [5.41, 5.74) is 1.16. The molecule has 0 spiro atoms. The predicted octanol–water partition coefficient (Wildman–Crippen LogP) is 4.41. The summed E-state index contributed by atoms with van der Waals surface area (Å²) in [5.74, 6) is 0. The second-order valence-electron chi connectivity index (χ2n) is 4.01. The zero-order valence-corrected chi connectivity index (χ0v) is 12.6. The summed E-state index contributed by atoms with van der Waals surface area (Å²) in [6, 6.07) is 13.3. The van der Waals surface area contributed by atoms with Crippen molar-refractivity contribution in [2.45, 2.75) is 0 Å². The zero-order chi connectivity index (χ0) is 14.6. The lowest BCUT2D eigenvalue weighted by Gasteiger charge is -2.04. The van der Waals surface area contributed by atoms with Gasteiger partial charge >= 0.3 is 0 Å². The summed E-state index contributed by atoms with van der Waals surface area (Å²) in [7, 11) is -3.58. The van der Waals surface area contributed by atoms with Gasteiger partial charge in [-0.25, -0.2) is 8.42 Å². The molecule has 3 nitrogen and oxygen atoms in total. The molecule has 0 heterocycles. The third-order valence-corrected chi connectivity index (χ3v) is 3.90. The van der Waals surface area contributed by atoms with Crippen LogP contribution in [0.4, 0.5) is 5.69 Å². The van der Waals surface area contributed by atoms with Gasteiger partial charge in [0.05, 0.1) is 11.1 Å². The highest BCUT2D eigenvalue weighted by Crippen LogP contribution is 2.17. The molecule has 2 aromatic carbocycles. The van der Waals surface area contributed by atoms with Crippen molar-refractivity contribution in [3.05, 3.63) is 69.5 Å². The van der Waals surface area contributed by atoms with Crippen LogP contribution < -0.4 is 4.72 Å². The van der Waals surface area contributed by atoms with Crippen LogP contribution in [0.15, 0.2) is 53.9 Å². The lowest BCUT2D eigenvalue weighted by Crippen LogP contribution is -2.08. The molecule has 0 saturated carbocycles. The highest BCUT2D eigenvalue weighted by Gasteiger charge is 2.05. The van der Waals surface area contributed by atoms with Gasteiger partial charge in [0, 0.05) is 10.0 Å². The SMILES string of the molecule is O=S(=O)(/C=C/c1ccc(Cl)cc1)Nc1cccc(Cl)c1. The molecule has 2 aromatic rings. The maximum Gasteiger partial charge on any atom is 0.255 e. The van der Waals surface area contributed by atoms with Crippen molar-refractivity contribution in [3.8, 4) is 0 Å². The van der Waals surface area contributed by atoms with Crippen molar-refractivity contribution in [1.82, 2.24) is 0 Å². The first-order valence-corrected chi connectivity index (χ1v) is 7.97. The Morgan fingerprint density at radius 1 is 0.950 bits per heavy atom. The highest BCUT2D eigenvalue weighted by atomic mass is 35.5. The molecule has 0 aliphatic heterocycles. The number of benzene rings is 2. The standard InChI is InChI=1S/C14H11Cl2NO2S/c15-12-6-4-11(5-7-12)8-9-20(18,19)17-14-3-1-2-13(16)10-14/h1-10,17H/b9-8+. The summed E-state index contributed by atoms with van der Waals surface area (Å²) in [6.07, 6.45) is 1.49. The third-order valence-electron chi connectivity index (χ3n) is 2.39. The second-order valence-corrected chi connectivity index (χ2v) is 6.45. The molecule has 6 heteroatoms. The maximum absolute atomic E-state index is 11.9. The van der Waals surface area contributed by atoms with Gasteiger partial charge in [-0.05, 0) is 42.0 Å². The molecule has 0 fully saturated rings. The number of halogens is 2. The summed E-state index contributed by atoms with van der Waals surface area (Å²) in [6.45, 7) is 0. The van der Waals surface area contributed by atoms with E-state index in [4.69, 9.17) is 23.2 Å². The van der Waals surface area contributed by atoms with Crippen LogP contribution in [0, 0.1) is 0 Å². The molecule has 0 bridgehead atoms. The molecule has 0 aliphatic carbocycles. The lowest BCUT2D eigenvalue weighted by molar-refractivity contribution is 0.609. The van der Waals surface area contributed by atoms with E-state index in [0.717, 1.165) is 11.0 Å². The lowest BCUT2D eigenvalue weighted by atomic mass is 10.2. The van der Waals surface area contributed by atoms with Crippen molar-refractivity contribution in [1.29, 1.82) is 0 Å². The average Bonchev–Trinajstić information content (AvgIpc) is 2.37. The smallest absolute Gasteiger partial charge is 0.255 e. The van der Waals surface area contributed by atoms with Crippen LogP contribution in [0.25, 0.3) is 6.08 Å². The van der Waals surface area contributed by atoms with Gasteiger partial charge in [0.15, 0.2) is 0 Å². The van der Waals surface area contributed by atoms with Crippen LogP contribution in [-0.4, -0.2) is 8.42 Å². The highest BCUT2D eigenvalue weighted by molar-refractivity contribution is 7.95. The molecular weight excluding hydrogens is 317 g/mol. The summed E-state index contributed by atoms with van der Waals surface area (Å²) >= 11 is 11.6. The van der Waals surface area contributed by atoms with Crippen molar-refractivity contribution < 1.29 is 8.42 Å². The predicted molar refractivity (Wildman–Crippen MR) is 84.5 cm³/mol. The minimum Gasteiger partial charge on any atom is -0.280 e. The Bertz CT molecular complexity index is 725. The molecule has 2 rings (SSSR count). The Morgan fingerprint density at radius 2 is 1.65 bits per heavy atom. The molecule has 0 atom stereocenters. The van der Waals surface area contributed by atoms with Crippen molar-refractivity contribution in [2.24, 2.45) is 0 Å². The van der Waals surface area contributed by atoms with Gasteiger partial charge in [0.1, 0.15) is 0 Å². The van der Waals surface area contributed by atoms with Crippen LogP contribution in [0.5, 0.6) is 0 Å². The second kappa shape index (κ2) is 6.31. The largest absolute Gasteiger partial charge is 0.280 e. The van der Waals surface area contributed by atoms with E-state index < -0.39 is 10.0 Å². The first-order valence-electron chi connectivity index (χ1n) is 5.67. The number of sulfonamides is 1. The van der Waals surface area contributed by atoms with E-state index in [-0.39, 0.29) is 0 Å². The maximum atomic E-state index is 11.9. The third kappa shape index (κ3) is 4.56. The van der Waals surface area contributed by atoms with E-state index in [1.807, 2.05) is 0 Å². The Balaban J connectivity index is 2.13. The molecule has 0 aliphatic rings. The van der Waals surface area contributed by atoms with Crippen LogP contribution >= 0.6 is 23.2 Å². The topological polar surface area (TPSA) is 46.2 Å². The Labute approximate surface area is 127 Å². The fourth-order valence-corrected chi connectivity index (χ4v) is 2.67. The number of hydrogen-bond donors (Lipinski definition) is 1. The quantitative estimate of drug-likeness (QED) is 0.904. The molecular formula is C14H11Cl2NO2S. The summed E-state index contributed by atoms with van der Waals surface area (Å²) in [4.78, 5) is 0. The van der Waals surface area contributed by atoms with E-state index in [1.54, 1.807) is 42.5 Å². The van der Waals surface area contributed by atoms with E-state index in [0.29, 0.717) is 15.7 Å². The summed E-state index contributed by atoms with van der Waals surface area (Å²) in [5, 5.41) is 2.16. The first kappa shape index (κ1) is 14.9. The van der Waals surface area contributed by atoms with Crippen LogP contribution in [-0.2, 0) is 10.0 Å². The van der Waals surface area contributed by atoms with E-state index >= 15 is 0 Å². The normalized spacial score (nSPS) is 11.7. The zero-order valence-electron chi connectivity index (χ0n) is 10.3. The van der Waals surface area contributed by atoms with Crippen LogP contribution in [0.1, 0.15) is 5.56 Å². The van der Waals surface area contributed by atoms with Gasteiger partial charge in [0.2, 0.25) is 0 Å². The van der Waals surface area contributed by atoms with Gasteiger partial charge in [-0.1, -0.05) is 41.4 Å². The molecule has 0 aromatic heterocycles. The summed E-state index contributed by atoms with van der Waals surface area (Å²) < 4.78 is 26.2. The minimum atomic E-state index is -3.58. The molecule has 0 saturated heterocycles. The fourth-order valence-electron chi connectivity index (χ4n) is 1.49. The van der Waals surface area contributed by atoms with Gasteiger partial charge in [-0.2, -0.15) is 0 Å². The van der Waals surface area contributed by atoms with E-state index in [2.05, 4.69) is 4.72 Å². The molecule has 1 N–H and O–H groups in total. The number of hydrogen-bond acceptors (Lipinski definition) is 2. The van der Waals surface area contributed by atoms with Crippen molar-refractivity contribution >= 4 is 45.0 Å². The fraction of sp³-hybridized carbons (Fsp3) is 0. The molecule has 0 radical (unpaired) electrons. The average molecular weight is 328 g/mol. The van der Waals surface area contributed by atoms with E-state index in [1.165, 1.54) is 12.1 Å². The number of nitrogens with one attached hydrogen (secondary N) is 1. The molecule has 104 valence electrons. The molecule has 0 unspecified atom stereocenters. The van der Waals surface area contributed by atoms with Gasteiger partial charge in [-0.3, -0.25) is 4.72 Å². The Morgan fingerprint density at radius 3 is 2.30 bits per heavy atom. The Kier molecular flexibility index (Phi) is 4.70. The molecule has 20 heavy (non-hydrogen) atoms. The first-order chi connectivity index (χ1) is 9.44. The van der Waals surface area contributed by atoms with Gasteiger partial charge in [-0.15, -0.1) is 0 Å². The van der Waals surface area contributed by atoms with Crippen molar-refractivity contribution in [3.63, 3.8) is 0 Å². The van der Waals surface area contributed by atoms with Crippen molar-refractivity contribution in [2.75, 3.05) is 4.72 Å². The number of rotatable bonds is 4. The van der Waals surface area contributed by atoms with Crippen LogP contribution in [0.3, 0.4) is 0 Å². The van der Waals surface area contributed by atoms with Crippen LogP contribution in [0.2, 0.25) is 10.0 Å². The van der Waals surface area contributed by atoms with Gasteiger partial charge in [0.25, 0.3) is 10.0 Å². The monoisotopic (exact) mass is 327 g/mol.